The third kappa shape index (κ3) is 2.99. The molecule has 2 nitrogen and oxygen atoms in total. The van der Waals surface area contributed by atoms with Gasteiger partial charge in [0.25, 0.3) is 0 Å². The molecule has 1 radical (unpaired) electrons. The van der Waals surface area contributed by atoms with Crippen LogP contribution in [-0.2, 0) is 5.11 Å². The van der Waals surface area contributed by atoms with E-state index in [0.717, 1.165) is 6.42 Å². The van der Waals surface area contributed by atoms with Gasteiger partial charge in [0.2, 0.25) is 0 Å². The quantitative estimate of drug-likeness (QED) is 0.585. The summed E-state index contributed by atoms with van der Waals surface area (Å²) in [6.07, 6.45) is 1.09. The van der Waals surface area contributed by atoms with E-state index >= 15 is 0 Å². The summed E-state index contributed by atoms with van der Waals surface area (Å²) >= 11 is 0. The van der Waals surface area contributed by atoms with Gasteiger partial charge >= 0.3 is 0 Å². The predicted molar refractivity (Wildman–Crippen MR) is 33.0 cm³/mol. The molecule has 8 heavy (non-hydrogen) atoms. The first-order valence-electron chi connectivity index (χ1n) is 3.10. The van der Waals surface area contributed by atoms with E-state index in [1.165, 1.54) is 0 Å². The van der Waals surface area contributed by atoms with Crippen molar-refractivity contribution in [3.05, 3.63) is 0 Å². The molecule has 0 heterocycles. The molecule has 0 amide bonds. The summed E-state index contributed by atoms with van der Waals surface area (Å²) in [7, 11) is 0. The molecule has 49 valence electrons. The molecule has 0 aromatic heterocycles. The van der Waals surface area contributed by atoms with Crippen LogP contribution in [0.5, 0.6) is 0 Å². The lowest BCUT2D eigenvalue weighted by Crippen LogP contribution is -2.29. The highest BCUT2D eigenvalue weighted by atomic mass is 16.3. The van der Waals surface area contributed by atoms with E-state index in [0.29, 0.717) is 6.42 Å². The second kappa shape index (κ2) is 3.87. The average molecular weight is 116 g/mol. The fourth-order valence-electron chi connectivity index (χ4n) is 0.547. The van der Waals surface area contributed by atoms with E-state index in [4.69, 9.17) is 5.73 Å². The molecule has 0 bridgehead atoms. The maximum absolute atomic E-state index is 10.7. The lowest BCUT2D eigenvalue weighted by Gasteiger charge is -2.08. The van der Waals surface area contributed by atoms with Gasteiger partial charge in [-0.3, -0.25) is 0 Å². The van der Waals surface area contributed by atoms with E-state index in [2.05, 4.69) is 0 Å². The summed E-state index contributed by atoms with van der Waals surface area (Å²) in [6, 6.07) is -0.185. The Hall–Kier alpha value is -0.0800. The molecule has 2 atom stereocenters. The van der Waals surface area contributed by atoms with Gasteiger partial charge in [0.1, 0.15) is 6.10 Å². The van der Waals surface area contributed by atoms with Crippen LogP contribution in [0.2, 0.25) is 0 Å². The van der Waals surface area contributed by atoms with Gasteiger partial charge in [-0.25, -0.2) is 5.11 Å². The van der Waals surface area contributed by atoms with E-state index in [-0.39, 0.29) is 6.04 Å². The lowest BCUT2D eigenvalue weighted by molar-refractivity contribution is 0.0628. The summed E-state index contributed by atoms with van der Waals surface area (Å²) in [5, 5.41) is 10.7. The SMILES string of the molecule is CCCC([O])C(C)N. The maximum Gasteiger partial charge on any atom is 0.108 e. The van der Waals surface area contributed by atoms with Crippen molar-refractivity contribution in [2.75, 3.05) is 0 Å². The van der Waals surface area contributed by atoms with Crippen LogP contribution in [0.4, 0.5) is 0 Å². The molecule has 0 fully saturated rings. The Morgan fingerprint density at radius 1 is 1.62 bits per heavy atom. The smallest absolute Gasteiger partial charge is 0.108 e. The largest absolute Gasteiger partial charge is 0.326 e. The predicted octanol–water partition coefficient (Wildman–Crippen LogP) is 0.933. The molecule has 0 spiro atoms. The van der Waals surface area contributed by atoms with E-state index in [9.17, 15) is 5.11 Å². The number of hydrogen-bond acceptors (Lipinski definition) is 1. The zero-order valence-electron chi connectivity index (χ0n) is 5.55. The minimum Gasteiger partial charge on any atom is -0.326 e. The molecule has 0 aromatic rings. The first-order chi connectivity index (χ1) is 3.68. The molecule has 2 heteroatoms. The van der Waals surface area contributed by atoms with Gasteiger partial charge in [0.15, 0.2) is 0 Å². The maximum atomic E-state index is 10.7. The van der Waals surface area contributed by atoms with Crippen molar-refractivity contribution in [3.8, 4) is 0 Å². The monoisotopic (exact) mass is 116 g/mol. The molecule has 0 aliphatic heterocycles. The topological polar surface area (TPSA) is 45.9 Å². The van der Waals surface area contributed by atoms with Gasteiger partial charge in [-0.2, -0.15) is 0 Å². The fourth-order valence-corrected chi connectivity index (χ4v) is 0.547. The van der Waals surface area contributed by atoms with E-state index in [1.54, 1.807) is 6.92 Å². The van der Waals surface area contributed by atoms with Crippen molar-refractivity contribution < 1.29 is 5.11 Å². The molecule has 0 saturated carbocycles. The molecule has 0 rings (SSSR count). The normalized spacial score (nSPS) is 18.0. The van der Waals surface area contributed by atoms with Crippen LogP contribution >= 0.6 is 0 Å². The van der Waals surface area contributed by atoms with E-state index in [1.807, 2.05) is 6.92 Å². The summed E-state index contributed by atoms with van der Waals surface area (Å²) in [4.78, 5) is 0. The first-order valence-corrected chi connectivity index (χ1v) is 3.10. The minimum absolute atomic E-state index is 0.185. The lowest BCUT2D eigenvalue weighted by atomic mass is 10.1. The second-order valence-electron chi connectivity index (χ2n) is 2.19. The van der Waals surface area contributed by atoms with Gasteiger partial charge < -0.3 is 5.73 Å². The van der Waals surface area contributed by atoms with E-state index < -0.39 is 6.10 Å². The van der Waals surface area contributed by atoms with Crippen LogP contribution in [0.15, 0.2) is 0 Å². The molecular weight excluding hydrogens is 102 g/mol. The standard InChI is InChI=1S/C6H14NO/c1-3-4-6(8)5(2)7/h5-6H,3-4,7H2,1-2H3. The zero-order chi connectivity index (χ0) is 6.57. The molecular formula is C6H14NO. The fraction of sp³-hybridized carbons (Fsp3) is 1.00. The summed E-state index contributed by atoms with van der Waals surface area (Å²) in [5.74, 6) is 0. The number of nitrogens with two attached hydrogens (primary N) is 1. The van der Waals surface area contributed by atoms with Crippen LogP contribution in [-0.4, -0.2) is 12.1 Å². The summed E-state index contributed by atoms with van der Waals surface area (Å²) in [6.45, 7) is 3.75. The van der Waals surface area contributed by atoms with Gasteiger partial charge in [-0.05, 0) is 13.3 Å². The minimum atomic E-state index is -0.556. The van der Waals surface area contributed by atoms with Crippen molar-refractivity contribution in [1.82, 2.24) is 0 Å². The second-order valence-corrected chi connectivity index (χ2v) is 2.19. The zero-order valence-corrected chi connectivity index (χ0v) is 5.55. The van der Waals surface area contributed by atoms with Crippen LogP contribution < -0.4 is 5.73 Å². The Morgan fingerprint density at radius 2 is 2.12 bits per heavy atom. The van der Waals surface area contributed by atoms with Crippen molar-refractivity contribution in [3.63, 3.8) is 0 Å². The Morgan fingerprint density at radius 3 is 2.25 bits per heavy atom. The average Bonchev–Trinajstić information content (AvgIpc) is 1.67. The molecule has 2 unspecified atom stereocenters. The number of rotatable bonds is 3. The van der Waals surface area contributed by atoms with Crippen molar-refractivity contribution in [2.24, 2.45) is 5.73 Å². The molecule has 0 aliphatic carbocycles. The van der Waals surface area contributed by atoms with Gasteiger partial charge in [0, 0.05) is 6.04 Å². The highest BCUT2D eigenvalue weighted by molar-refractivity contribution is 4.63. The summed E-state index contributed by atoms with van der Waals surface area (Å²) in [5.41, 5.74) is 5.31. The van der Waals surface area contributed by atoms with Crippen LogP contribution in [0, 0.1) is 0 Å². The van der Waals surface area contributed by atoms with Gasteiger partial charge in [-0.1, -0.05) is 13.3 Å². The summed E-state index contributed by atoms with van der Waals surface area (Å²) < 4.78 is 0. The van der Waals surface area contributed by atoms with Crippen LogP contribution in [0.1, 0.15) is 26.7 Å². The van der Waals surface area contributed by atoms with Crippen LogP contribution in [0.3, 0.4) is 0 Å². The van der Waals surface area contributed by atoms with Crippen molar-refractivity contribution >= 4 is 0 Å². The number of hydrogen-bond donors (Lipinski definition) is 1. The molecule has 2 N–H and O–H groups in total. The molecule has 0 saturated heterocycles. The Bertz CT molecular complexity index is 54.5. The molecule has 0 aliphatic rings. The highest BCUT2D eigenvalue weighted by Gasteiger charge is 2.08. The van der Waals surface area contributed by atoms with Crippen molar-refractivity contribution in [1.29, 1.82) is 0 Å². The van der Waals surface area contributed by atoms with Gasteiger partial charge in [0.05, 0.1) is 0 Å². The Labute approximate surface area is 50.7 Å². The Kier molecular flexibility index (Phi) is 3.83. The van der Waals surface area contributed by atoms with Gasteiger partial charge in [-0.15, -0.1) is 0 Å². The third-order valence-corrected chi connectivity index (χ3v) is 1.16. The van der Waals surface area contributed by atoms with Crippen molar-refractivity contribution in [2.45, 2.75) is 38.8 Å². The first kappa shape index (κ1) is 7.92. The highest BCUT2D eigenvalue weighted by Crippen LogP contribution is 1.98. The molecule has 0 aromatic carbocycles. The third-order valence-electron chi connectivity index (χ3n) is 1.16. The van der Waals surface area contributed by atoms with Crippen LogP contribution in [0.25, 0.3) is 0 Å². The Balaban J connectivity index is 3.17.